The van der Waals surface area contributed by atoms with Gasteiger partial charge >= 0.3 is 5.97 Å². The number of amides is 1. The molecule has 0 aliphatic carbocycles. The molecule has 0 heterocycles. The van der Waals surface area contributed by atoms with Gasteiger partial charge in [-0.1, -0.05) is 245 Å². The molecule has 0 saturated heterocycles. The number of ether oxygens (including phenoxy) is 1. The zero-order valence-electron chi connectivity index (χ0n) is 40.6. The Kier molecular flexibility index (Phi) is 47.5. The first-order valence-electron chi connectivity index (χ1n) is 26.9. The Hall–Kier alpha value is -1.40. The Morgan fingerprint density at radius 1 is 0.467 bits per heavy atom. The Balaban J connectivity index is 4.54. The van der Waals surface area contributed by atoms with Crippen molar-refractivity contribution in [2.75, 3.05) is 6.61 Å². The number of aliphatic hydroxyl groups is 2. The van der Waals surface area contributed by atoms with Crippen LogP contribution in [0.15, 0.2) is 12.2 Å². The maximum absolute atomic E-state index is 13.2. The lowest BCUT2D eigenvalue weighted by Gasteiger charge is -2.24. The first-order valence-corrected chi connectivity index (χ1v) is 26.9. The molecule has 0 radical (unpaired) electrons. The molecule has 3 N–H and O–H groups in total. The smallest absolute Gasteiger partial charge is 0.306 e. The first kappa shape index (κ1) is 58.6. The minimum Gasteiger partial charge on any atom is -0.462 e. The number of esters is 1. The van der Waals surface area contributed by atoms with E-state index in [1.165, 1.54) is 199 Å². The van der Waals surface area contributed by atoms with Crippen molar-refractivity contribution in [1.82, 2.24) is 5.32 Å². The highest BCUT2D eigenvalue weighted by Gasteiger charge is 2.24. The third-order valence-electron chi connectivity index (χ3n) is 12.6. The largest absolute Gasteiger partial charge is 0.462 e. The van der Waals surface area contributed by atoms with Crippen molar-refractivity contribution in [3.05, 3.63) is 12.2 Å². The second-order valence-corrected chi connectivity index (χ2v) is 18.6. The number of carbonyl (C=O) groups excluding carboxylic acids is 2. The SMILES string of the molecule is CCCCCCCC/C=C/CCCCCCCCCC(CC(=O)NC(CO)C(O)CCCCCCCCCCCCC)OC(=O)CCCCCCCCCCCCCCC. The van der Waals surface area contributed by atoms with Gasteiger partial charge in [0.15, 0.2) is 0 Å². The molecule has 0 saturated carbocycles. The van der Waals surface area contributed by atoms with Crippen molar-refractivity contribution in [2.45, 2.75) is 315 Å². The minimum atomic E-state index is -0.782. The lowest BCUT2D eigenvalue weighted by molar-refractivity contribution is -0.151. The van der Waals surface area contributed by atoms with E-state index in [1.54, 1.807) is 0 Å². The van der Waals surface area contributed by atoms with E-state index >= 15 is 0 Å². The molecule has 0 aliphatic heterocycles. The molecule has 6 heteroatoms. The average Bonchev–Trinajstić information content (AvgIpc) is 3.24. The summed E-state index contributed by atoms with van der Waals surface area (Å²) in [5, 5.41) is 23.8. The van der Waals surface area contributed by atoms with Crippen LogP contribution in [0.25, 0.3) is 0 Å². The van der Waals surface area contributed by atoms with Crippen LogP contribution in [0.3, 0.4) is 0 Å². The van der Waals surface area contributed by atoms with Crippen molar-refractivity contribution in [3.63, 3.8) is 0 Å². The van der Waals surface area contributed by atoms with E-state index in [9.17, 15) is 19.8 Å². The predicted molar refractivity (Wildman–Crippen MR) is 260 cm³/mol. The summed E-state index contributed by atoms with van der Waals surface area (Å²) in [5.74, 6) is -0.459. The summed E-state index contributed by atoms with van der Waals surface area (Å²) in [5.41, 5.74) is 0. The van der Waals surface area contributed by atoms with Gasteiger partial charge in [-0.15, -0.1) is 0 Å². The van der Waals surface area contributed by atoms with E-state index in [2.05, 4.69) is 38.2 Å². The molecule has 3 unspecified atom stereocenters. The van der Waals surface area contributed by atoms with E-state index < -0.39 is 18.2 Å². The molecule has 0 fully saturated rings. The van der Waals surface area contributed by atoms with E-state index in [4.69, 9.17) is 4.74 Å². The molecule has 3 atom stereocenters. The molecule has 0 aliphatic rings. The van der Waals surface area contributed by atoms with Crippen LogP contribution in [0.4, 0.5) is 0 Å². The van der Waals surface area contributed by atoms with E-state index in [0.29, 0.717) is 19.3 Å². The van der Waals surface area contributed by atoms with Gasteiger partial charge in [0.1, 0.15) is 6.10 Å². The van der Waals surface area contributed by atoms with Gasteiger partial charge in [0.2, 0.25) is 5.91 Å². The number of carbonyl (C=O) groups is 2. The monoisotopic (exact) mass is 848 g/mol. The molecule has 0 aromatic carbocycles. The fourth-order valence-corrected chi connectivity index (χ4v) is 8.49. The first-order chi connectivity index (χ1) is 29.5. The Morgan fingerprint density at radius 3 is 1.18 bits per heavy atom. The number of aliphatic hydroxyl groups excluding tert-OH is 2. The third kappa shape index (κ3) is 43.3. The molecule has 6 nitrogen and oxygen atoms in total. The number of allylic oxidation sites excluding steroid dienone is 2. The van der Waals surface area contributed by atoms with Crippen LogP contribution in [-0.4, -0.2) is 46.9 Å². The zero-order valence-corrected chi connectivity index (χ0v) is 40.6. The van der Waals surface area contributed by atoms with Crippen molar-refractivity contribution in [1.29, 1.82) is 0 Å². The minimum absolute atomic E-state index is 0.0817. The highest BCUT2D eigenvalue weighted by atomic mass is 16.5. The molecule has 0 aromatic heterocycles. The molecule has 0 rings (SSSR count). The molecule has 60 heavy (non-hydrogen) atoms. The summed E-state index contributed by atoms with van der Waals surface area (Å²) in [6.45, 7) is 6.50. The van der Waals surface area contributed by atoms with E-state index in [0.717, 1.165) is 51.4 Å². The third-order valence-corrected chi connectivity index (χ3v) is 12.6. The van der Waals surface area contributed by atoms with Crippen LogP contribution in [0.5, 0.6) is 0 Å². The van der Waals surface area contributed by atoms with Gasteiger partial charge < -0.3 is 20.3 Å². The highest BCUT2D eigenvalue weighted by Crippen LogP contribution is 2.18. The van der Waals surface area contributed by atoms with Gasteiger partial charge in [0.05, 0.1) is 25.2 Å². The van der Waals surface area contributed by atoms with Crippen LogP contribution >= 0.6 is 0 Å². The molecule has 0 bridgehead atoms. The fourth-order valence-electron chi connectivity index (χ4n) is 8.49. The van der Waals surface area contributed by atoms with Crippen molar-refractivity contribution < 1.29 is 24.5 Å². The van der Waals surface area contributed by atoms with Crippen molar-refractivity contribution >= 4 is 11.9 Å². The quantitative estimate of drug-likeness (QED) is 0.0322. The fraction of sp³-hybridized carbons (Fsp3) is 0.926. The summed E-state index contributed by atoms with van der Waals surface area (Å²) in [6, 6.07) is -0.696. The molecule has 356 valence electrons. The number of unbranched alkanes of at least 4 members (excludes halogenated alkanes) is 35. The highest BCUT2D eigenvalue weighted by molar-refractivity contribution is 5.77. The lowest BCUT2D eigenvalue weighted by Crippen LogP contribution is -2.46. The van der Waals surface area contributed by atoms with E-state index in [1.807, 2.05) is 0 Å². The van der Waals surface area contributed by atoms with Gasteiger partial charge in [-0.2, -0.15) is 0 Å². The van der Waals surface area contributed by atoms with Crippen LogP contribution in [-0.2, 0) is 14.3 Å². The van der Waals surface area contributed by atoms with Gasteiger partial charge in [0.25, 0.3) is 0 Å². The Bertz CT molecular complexity index is 909. The summed E-state index contributed by atoms with van der Waals surface area (Å²) in [7, 11) is 0. The Morgan fingerprint density at radius 2 is 0.800 bits per heavy atom. The lowest BCUT2D eigenvalue weighted by atomic mass is 10.0. The van der Waals surface area contributed by atoms with Crippen LogP contribution < -0.4 is 5.32 Å². The van der Waals surface area contributed by atoms with Crippen LogP contribution in [0.1, 0.15) is 297 Å². The van der Waals surface area contributed by atoms with Crippen molar-refractivity contribution in [3.8, 4) is 0 Å². The summed E-state index contributed by atoms with van der Waals surface area (Å²) >= 11 is 0. The zero-order chi connectivity index (χ0) is 43.8. The summed E-state index contributed by atoms with van der Waals surface area (Å²) in [4.78, 5) is 26.2. The van der Waals surface area contributed by atoms with Gasteiger partial charge in [0, 0.05) is 6.42 Å². The van der Waals surface area contributed by atoms with Crippen LogP contribution in [0, 0.1) is 0 Å². The molecule has 1 amide bonds. The van der Waals surface area contributed by atoms with Gasteiger partial charge in [-0.25, -0.2) is 0 Å². The number of hydrogen-bond donors (Lipinski definition) is 3. The topological polar surface area (TPSA) is 95.9 Å². The maximum Gasteiger partial charge on any atom is 0.306 e. The predicted octanol–water partition coefficient (Wildman–Crippen LogP) is 16.1. The summed E-state index contributed by atoms with van der Waals surface area (Å²) < 4.78 is 5.95. The normalized spacial score (nSPS) is 13.2. The Labute approximate surface area is 374 Å². The number of nitrogens with one attached hydrogen (secondary N) is 1. The maximum atomic E-state index is 13.2. The number of rotatable bonds is 49. The standard InChI is InChI=1S/C54H105NO5/c1-4-7-10-13-16-19-22-24-25-26-27-29-31-33-36-39-42-45-50(60-54(59)47-44-41-38-35-32-28-23-20-17-14-11-8-5-2)48-53(58)55-51(49-56)52(57)46-43-40-37-34-30-21-18-15-12-9-6-3/h24-25,50-52,56-57H,4-23,26-49H2,1-3H3,(H,55,58)/b25-24+. The van der Waals surface area contributed by atoms with Crippen LogP contribution in [0.2, 0.25) is 0 Å². The molecule has 0 aromatic rings. The second-order valence-electron chi connectivity index (χ2n) is 18.6. The van der Waals surface area contributed by atoms with Gasteiger partial charge in [-0.05, 0) is 51.4 Å². The molecule has 0 spiro atoms. The second kappa shape index (κ2) is 48.6. The average molecular weight is 848 g/mol. The van der Waals surface area contributed by atoms with Crippen molar-refractivity contribution in [2.24, 2.45) is 0 Å². The summed E-state index contributed by atoms with van der Waals surface area (Å²) in [6.07, 6.45) is 54.1. The van der Waals surface area contributed by atoms with E-state index in [-0.39, 0.29) is 24.9 Å². The van der Waals surface area contributed by atoms with Gasteiger partial charge in [-0.3, -0.25) is 9.59 Å². The molecular formula is C54H105NO5. The number of hydrogen-bond acceptors (Lipinski definition) is 5. The molecular weight excluding hydrogens is 743 g/mol.